The number of nitrogens with one attached hydrogen (secondary N) is 2. The van der Waals surface area contributed by atoms with E-state index in [4.69, 9.17) is 21.1 Å². The van der Waals surface area contributed by atoms with Crippen LogP contribution in [0.1, 0.15) is 12.5 Å². The smallest absolute Gasteiger partial charge is 0.244 e. The van der Waals surface area contributed by atoms with Crippen molar-refractivity contribution in [2.45, 2.75) is 6.92 Å². The minimum Gasteiger partial charge on any atom is -0.486 e. The largest absolute Gasteiger partial charge is 0.486 e. The van der Waals surface area contributed by atoms with Crippen molar-refractivity contribution in [3.05, 3.63) is 28.8 Å². The summed E-state index contributed by atoms with van der Waals surface area (Å²) >= 11 is 6.12. The SMILES string of the molecule is CCS(=O)(=O)NCCNC(=O)/C=C/c1cc(Cl)c2c(c1)OCCO2. The number of carbonyl (C=O) groups is 1. The highest BCUT2D eigenvalue weighted by atomic mass is 35.5. The minimum absolute atomic E-state index is 0.00568. The molecule has 0 radical (unpaired) electrons. The molecule has 0 saturated carbocycles. The average molecular weight is 375 g/mol. The van der Waals surface area contributed by atoms with Crippen LogP contribution < -0.4 is 19.5 Å². The molecule has 1 aromatic rings. The Hall–Kier alpha value is -1.77. The molecule has 9 heteroatoms. The fourth-order valence-electron chi connectivity index (χ4n) is 1.95. The van der Waals surface area contributed by atoms with Gasteiger partial charge < -0.3 is 14.8 Å². The first-order chi connectivity index (χ1) is 11.4. The van der Waals surface area contributed by atoms with E-state index in [1.54, 1.807) is 25.1 Å². The molecule has 0 saturated heterocycles. The van der Waals surface area contributed by atoms with Crippen molar-refractivity contribution in [3.8, 4) is 11.5 Å². The summed E-state index contributed by atoms with van der Waals surface area (Å²) in [4.78, 5) is 11.7. The zero-order valence-corrected chi connectivity index (χ0v) is 14.7. The van der Waals surface area contributed by atoms with E-state index in [9.17, 15) is 13.2 Å². The Balaban J connectivity index is 1.87. The van der Waals surface area contributed by atoms with Gasteiger partial charge in [-0.1, -0.05) is 11.6 Å². The molecule has 0 aromatic heterocycles. The Morgan fingerprint density at radius 2 is 2.04 bits per heavy atom. The van der Waals surface area contributed by atoms with Crippen molar-refractivity contribution in [1.82, 2.24) is 10.0 Å². The lowest BCUT2D eigenvalue weighted by Gasteiger charge is -2.19. The molecule has 2 rings (SSSR count). The second-order valence-corrected chi connectivity index (χ2v) is 7.45. The number of sulfonamides is 1. The van der Waals surface area contributed by atoms with Crippen LogP contribution >= 0.6 is 11.6 Å². The Morgan fingerprint density at radius 1 is 1.29 bits per heavy atom. The maximum Gasteiger partial charge on any atom is 0.244 e. The van der Waals surface area contributed by atoms with Gasteiger partial charge in [0.05, 0.1) is 10.8 Å². The molecule has 1 aliphatic rings. The van der Waals surface area contributed by atoms with E-state index in [-0.39, 0.29) is 24.7 Å². The van der Waals surface area contributed by atoms with Gasteiger partial charge in [-0.25, -0.2) is 13.1 Å². The summed E-state index contributed by atoms with van der Waals surface area (Å²) in [6.07, 6.45) is 2.94. The molecule has 0 spiro atoms. The number of ether oxygens (including phenoxy) is 2. The Kier molecular flexibility index (Phi) is 6.47. The quantitative estimate of drug-likeness (QED) is 0.552. The second-order valence-electron chi connectivity index (χ2n) is 4.95. The van der Waals surface area contributed by atoms with Crippen LogP contribution in [-0.4, -0.2) is 46.4 Å². The highest BCUT2D eigenvalue weighted by Gasteiger charge is 2.15. The summed E-state index contributed by atoms with van der Waals surface area (Å²) in [5.74, 6) is 0.721. The monoisotopic (exact) mass is 374 g/mol. The van der Waals surface area contributed by atoms with Gasteiger partial charge in [0.1, 0.15) is 13.2 Å². The number of hydrogen-bond donors (Lipinski definition) is 2. The number of benzene rings is 1. The van der Waals surface area contributed by atoms with Gasteiger partial charge in [0.25, 0.3) is 0 Å². The van der Waals surface area contributed by atoms with Gasteiger partial charge in [0, 0.05) is 19.2 Å². The fourth-order valence-corrected chi connectivity index (χ4v) is 2.84. The van der Waals surface area contributed by atoms with Crippen LogP contribution in [0.4, 0.5) is 0 Å². The number of carbonyl (C=O) groups excluding carboxylic acids is 1. The van der Waals surface area contributed by atoms with Gasteiger partial charge in [-0.3, -0.25) is 4.79 Å². The number of rotatable bonds is 7. The van der Waals surface area contributed by atoms with Gasteiger partial charge >= 0.3 is 0 Å². The standard InChI is InChI=1S/C15H19ClN2O5S/c1-2-24(20,21)18-6-5-17-14(19)4-3-11-9-12(16)15-13(10-11)22-7-8-23-15/h3-4,9-10,18H,2,5-8H2,1H3,(H,17,19)/b4-3+. The molecule has 0 fully saturated rings. The molecule has 1 heterocycles. The lowest BCUT2D eigenvalue weighted by molar-refractivity contribution is -0.116. The average Bonchev–Trinajstić information content (AvgIpc) is 2.57. The molecule has 0 bridgehead atoms. The second kappa shape index (κ2) is 8.36. The highest BCUT2D eigenvalue weighted by Crippen LogP contribution is 2.38. The van der Waals surface area contributed by atoms with Crippen LogP contribution in [0.5, 0.6) is 11.5 Å². The van der Waals surface area contributed by atoms with Crippen LogP contribution in [0.25, 0.3) is 6.08 Å². The summed E-state index contributed by atoms with van der Waals surface area (Å²) in [6.45, 7) is 2.79. The first-order valence-corrected chi connectivity index (χ1v) is 9.46. The molecule has 7 nitrogen and oxygen atoms in total. The van der Waals surface area contributed by atoms with Crippen molar-refractivity contribution < 1.29 is 22.7 Å². The predicted octanol–water partition coefficient (Wildman–Crippen LogP) is 1.18. The van der Waals surface area contributed by atoms with Crippen LogP contribution in [0.2, 0.25) is 5.02 Å². The van der Waals surface area contributed by atoms with Gasteiger partial charge in [-0.15, -0.1) is 0 Å². The van der Waals surface area contributed by atoms with Gasteiger partial charge in [-0.05, 0) is 30.7 Å². The van der Waals surface area contributed by atoms with Crippen LogP contribution in [0, 0.1) is 0 Å². The van der Waals surface area contributed by atoms with Gasteiger partial charge in [0.15, 0.2) is 11.5 Å². The zero-order valence-electron chi connectivity index (χ0n) is 13.2. The zero-order chi connectivity index (χ0) is 17.6. The van der Waals surface area contributed by atoms with E-state index in [0.29, 0.717) is 35.3 Å². The molecule has 2 N–H and O–H groups in total. The Morgan fingerprint density at radius 3 is 2.79 bits per heavy atom. The lowest BCUT2D eigenvalue weighted by atomic mass is 10.1. The maximum atomic E-state index is 11.7. The first-order valence-electron chi connectivity index (χ1n) is 7.43. The van der Waals surface area contributed by atoms with E-state index in [2.05, 4.69) is 10.0 Å². The summed E-state index contributed by atoms with van der Waals surface area (Å²) in [5.41, 5.74) is 0.700. The molecule has 1 aliphatic heterocycles. The lowest BCUT2D eigenvalue weighted by Crippen LogP contribution is -2.34. The van der Waals surface area contributed by atoms with E-state index < -0.39 is 10.0 Å². The predicted molar refractivity (Wildman–Crippen MR) is 91.9 cm³/mol. The summed E-state index contributed by atoms with van der Waals surface area (Å²) in [5, 5.41) is 3.00. The normalized spacial score (nSPS) is 13.9. The molecule has 24 heavy (non-hydrogen) atoms. The molecular formula is C15H19ClN2O5S. The molecule has 0 aliphatic carbocycles. The minimum atomic E-state index is -3.25. The third kappa shape index (κ3) is 5.40. The van der Waals surface area contributed by atoms with E-state index in [0.717, 1.165) is 0 Å². The molecule has 1 aromatic carbocycles. The van der Waals surface area contributed by atoms with Gasteiger partial charge in [-0.2, -0.15) is 0 Å². The molecule has 1 amide bonds. The number of fused-ring (bicyclic) bond motifs is 1. The number of halogens is 1. The van der Waals surface area contributed by atoms with Crippen LogP contribution in [0.3, 0.4) is 0 Å². The summed E-state index contributed by atoms with van der Waals surface area (Å²) in [6, 6.07) is 3.41. The van der Waals surface area contributed by atoms with Crippen molar-refractivity contribution >= 4 is 33.6 Å². The van der Waals surface area contributed by atoms with Crippen molar-refractivity contribution in [2.24, 2.45) is 0 Å². The Labute approximate surface area is 146 Å². The molecule has 0 atom stereocenters. The Bertz CT molecular complexity index is 734. The fraction of sp³-hybridized carbons (Fsp3) is 0.400. The van der Waals surface area contributed by atoms with Crippen LogP contribution in [-0.2, 0) is 14.8 Å². The van der Waals surface area contributed by atoms with Crippen molar-refractivity contribution in [2.75, 3.05) is 32.1 Å². The highest BCUT2D eigenvalue weighted by molar-refractivity contribution is 7.89. The van der Waals surface area contributed by atoms with E-state index >= 15 is 0 Å². The maximum absolute atomic E-state index is 11.7. The van der Waals surface area contributed by atoms with Crippen molar-refractivity contribution in [1.29, 1.82) is 0 Å². The van der Waals surface area contributed by atoms with Crippen molar-refractivity contribution in [3.63, 3.8) is 0 Å². The van der Waals surface area contributed by atoms with Crippen LogP contribution in [0.15, 0.2) is 18.2 Å². The third-order valence-electron chi connectivity index (χ3n) is 3.17. The number of hydrogen-bond acceptors (Lipinski definition) is 5. The summed E-state index contributed by atoms with van der Waals surface area (Å²) in [7, 11) is -3.25. The summed E-state index contributed by atoms with van der Waals surface area (Å²) < 4.78 is 35.7. The molecular weight excluding hydrogens is 356 g/mol. The van der Waals surface area contributed by atoms with E-state index in [1.165, 1.54) is 6.08 Å². The van der Waals surface area contributed by atoms with E-state index in [1.807, 2.05) is 0 Å². The third-order valence-corrected chi connectivity index (χ3v) is 4.86. The topological polar surface area (TPSA) is 93.7 Å². The first kappa shape index (κ1) is 18.6. The molecule has 0 unspecified atom stereocenters. The molecule has 132 valence electrons. The van der Waals surface area contributed by atoms with Gasteiger partial charge in [0.2, 0.25) is 15.9 Å². The number of amides is 1.